The molecule has 0 bridgehead atoms. The second-order valence-electron chi connectivity index (χ2n) is 4.69. The van der Waals surface area contributed by atoms with Crippen molar-refractivity contribution in [1.82, 2.24) is 14.8 Å². The minimum absolute atomic E-state index is 0.672. The van der Waals surface area contributed by atoms with Gasteiger partial charge in [0.1, 0.15) is 11.2 Å². The van der Waals surface area contributed by atoms with E-state index in [1.807, 2.05) is 16.3 Å². The van der Waals surface area contributed by atoms with Gasteiger partial charge in [0.05, 0.1) is 0 Å². The Bertz CT molecular complexity index is 452. The number of aliphatic carboxylic acids is 1. The predicted molar refractivity (Wildman–Crippen MR) is 64.2 cm³/mol. The molecule has 1 aromatic rings. The van der Waals surface area contributed by atoms with Crippen LogP contribution in [-0.4, -0.2) is 37.3 Å². The fourth-order valence-electron chi connectivity index (χ4n) is 2.76. The lowest BCUT2D eigenvalue weighted by molar-refractivity contribution is -0.144. The highest BCUT2D eigenvalue weighted by Gasteiger charge is 2.46. The van der Waals surface area contributed by atoms with Gasteiger partial charge in [0.2, 0.25) is 0 Å². The van der Waals surface area contributed by atoms with Crippen LogP contribution in [0, 0.1) is 0 Å². The highest BCUT2D eigenvalue weighted by Crippen LogP contribution is 2.38. The summed E-state index contributed by atoms with van der Waals surface area (Å²) in [6.45, 7) is 0.875. The van der Waals surface area contributed by atoms with E-state index in [-0.39, 0.29) is 0 Å². The summed E-state index contributed by atoms with van der Waals surface area (Å²) >= 11 is 1.82. The lowest BCUT2D eigenvalue weighted by Crippen LogP contribution is -2.41. The summed E-state index contributed by atoms with van der Waals surface area (Å²) in [7, 11) is 0. The van der Waals surface area contributed by atoms with E-state index in [0.29, 0.717) is 18.7 Å². The zero-order chi connectivity index (χ0) is 11.9. The molecule has 6 heteroatoms. The molecular formula is C11H15N3O2S. The summed E-state index contributed by atoms with van der Waals surface area (Å²) in [6, 6.07) is 0. The van der Waals surface area contributed by atoms with Gasteiger partial charge in [-0.3, -0.25) is 4.79 Å². The first-order valence-electron chi connectivity index (χ1n) is 5.98. The fourth-order valence-corrected chi connectivity index (χ4v) is 3.95. The van der Waals surface area contributed by atoms with E-state index in [4.69, 9.17) is 0 Å². The zero-order valence-electron chi connectivity index (χ0n) is 9.56. The van der Waals surface area contributed by atoms with Crippen LogP contribution < -0.4 is 0 Å². The highest BCUT2D eigenvalue weighted by molar-refractivity contribution is 7.99. The Labute approximate surface area is 104 Å². The fraction of sp³-hybridized carbons (Fsp3) is 0.727. The van der Waals surface area contributed by atoms with Crippen molar-refractivity contribution >= 4 is 17.7 Å². The molecule has 1 aromatic heterocycles. The Kier molecular flexibility index (Phi) is 2.61. The van der Waals surface area contributed by atoms with Gasteiger partial charge in [-0.1, -0.05) is 0 Å². The van der Waals surface area contributed by atoms with Crippen LogP contribution >= 0.6 is 11.8 Å². The van der Waals surface area contributed by atoms with Gasteiger partial charge in [-0.15, -0.1) is 10.2 Å². The molecule has 1 saturated heterocycles. The number of aromatic nitrogens is 3. The van der Waals surface area contributed by atoms with Crippen molar-refractivity contribution < 1.29 is 9.90 Å². The molecule has 0 radical (unpaired) electrons. The monoisotopic (exact) mass is 253 g/mol. The number of aryl methyl sites for hydroxylation is 1. The molecule has 0 aliphatic carbocycles. The molecule has 0 unspecified atom stereocenters. The van der Waals surface area contributed by atoms with Crippen LogP contribution in [0.1, 0.15) is 30.9 Å². The predicted octanol–water partition coefficient (Wildman–Crippen LogP) is 1.07. The highest BCUT2D eigenvalue weighted by atomic mass is 32.2. The van der Waals surface area contributed by atoms with Crippen LogP contribution in [0.25, 0.3) is 0 Å². The van der Waals surface area contributed by atoms with Gasteiger partial charge >= 0.3 is 5.97 Å². The number of rotatable bonds is 2. The summed E-state index contributed by atoms with van der Waals surface area (Å²) in [5, 5.41) is 17.9. The summed E-state index contributed by atoms with van der Waals surface area (Å²) in [5.74, 6) is 2.71. The lowest BCUT2D eigenvalue weighted by Gasteiger charge is -2.31. The number of thioether (sulfide) groups is 1. The van der Waals surface area contributed by atoms with Crippen molar-refractivity contribution in [3.8, 4) is 0 Å². The van der Waals surface area contributed by atoms with Gasteiger partial charge < -0.3 is 9.67 Å². The first-order valence-corrected chi connectivity index (χ1v) is 7.13. The number of fused-ring (bicyclic) bond motifs is 1. The Balaban J connectivity index is 2.06. The van der Waals surface area contributed by atoms with Crippen LogP contribution in [0.4, 0.5) is 0 Å². The van der Waals surface area contributed by atoms with E-state index >= 15 is 0 Å². The molecule has 0 spiro atoms. The Morgan fingerprint density at radius 2 is 2.12 bits per heavy atom. The standard InChI is InChI=1S/C11H15N3O2S/c15-10(16)11(3-6-17-7-4-11)9-13-12-8-2-1-5-14(8)9/h1-7H2,(H,15,16). The third-order valence-corrected chi connectivity index (χ3v) is 4.78. The van der Waals surface area contributed by atoms with Gasteiger partial charge in [0.15, 0.2) is 5.82 Å². The number of carboxylic acid groups (broad SMARTS) is 1. The minimum Gasteiger partial charge on any atom is -0.480 e. The lowest BCUT2D eigenvalue weighted by atomic mass is 9.81. The van der Waals surface area contributed by atoms with E-state index in [0.717, 1.165) is 36.7 Å². The molecule has 0 atom stereocenters. The molecule has 0 amide bonds. The SMILES string of the molecule is O=C(O)C1(c2nnc3n2CCC3)CCSCC1. The maximum atomic E-state index is 11.7. The van der Waals surface area contributed by atoms with Gasteiger partial charge in [-0.2, -0.15) is 11.8 Å². The van der Waals surface area contributed by atoms with Gasteiger partial charge in [0.25, 0.3) is 0 Å². The van der Waals surface area contributed by atoms with Crippen molar-refractivity contribution in [2.24, 2.45) is 0 Å². The Morgan fingerprint density at radius 3 is 2.82 bits per heavy atom. The smallest absolute Gasteiger partial charge is 0.317 e. The van der Waals surface area contributed by atoms with Gasteiger partial charge in [-0.25, -0.2) is 0 Å². The first kappa shape index (κ1) is 11.1. The number of carboxylic acids is 1. The van der Waals surface area contributed by atoms with E-state index in [9.17, 15) is 9.90 Å². The zero-order valence-corrected chi connectivity index (χ0v) is 10.4. The molecule has 2 aliphatic heterocycles. The molecular weight excluding hydrogens is 238 g/mol. The van der Waals surface area contributed by atoms with Crippen molar-refractivity contribution in [2.75, 3.05) is 11.5 Å². The molecule has 1 N–H and O–H groups in total. The molecule has 17 heavy (non-hydrogen) atoms. The number of hydrogen-bond donors (Lipinski definition) is 1. The minimum atomic E-state index is -0.791. The molecule has 3 rings (SSSR count). The number of carbonyl (C=O) groups is 1. The second-order valence-corrected chi connectivity index (χ2v) is 5.92. The molecule has 2 aliphatic rings. The van der Waals surface area contributed by atoms with Crippen LogP contribution in [0.2, 0.25) is 0 Å². The average molecular weight is 253 g/mol. The molecule has 1 fully saturated rings. The molecule has 5 nitrogen and oxygen atoms in total. The molecule has 0 aromatic carbocycles. The summed E-state index contributed by atoms with van der Waals surface area (Å²) in [6.07, 6.45) is 3.33. The Morgan fingerprint density at radius 1 is 1.35 bits per heavy atom. The molecule has 3 heterocycles. The van der Waals surface area contributed by atoms with Crippen molar-refractivity contribution in [3.63, 3.8) is 0 Å². The molecule has 0 saturated carbocycles. The third-order valence-electron chi connectivity index (χ3n) is 3.79. The van der Waals surface area contributed by atoms with E-state index < -0.39 is 11.4 Å². The van der Waals surface area contributed by atoms with Crippen molar-refractivity contribution in [3.05, 3.63) is 11.6 Å². The maximum absolute atomic E-state index is 11.7. The summed E-state index contributed by atoms with van der Waals surface area (Å²) < 4.78 is 2.03. The van der Waals surface area contributed by atoms with Crippen molar-refractivity contribution in [2.45, 2.75) is 37.6 Å². The van der Waals surface area contributed by atoms with Gasteiger partial charge in [0, 0.05) is 13.0 Å². The quantitative estimate of drug-likeness (QED) is 0.854. The summed E-state index contributed by atoms with van der Waals surface area (Å²) in [4.78, 5) is 11.7. The normalized spacial score (nSPS) is 22.4. The first-order chi connectivity index (χ1) is 8.24. The number of nitrogens with zero attached hydrogens (tertiary/aromatic N) is 3. The summed E-state index contributed by atoms with van der Waals surface area (Å²) in [5.41, 5.74) is -0.791. The van der Waals surface area contributed by atoms with E-state index in [1.165, 1.54) is 0 Å². The topological polar surface area (TPSA) is 68.0 Å². The molecule has 92 valence electrons. The van der Waals surface area contributed by atoms with E-state index in [1.54, 1.807) is 0 Å². The average Bonchev–Trinajstić information content (AvgIpc) is 2.91. The maximum Gasteiger partial charge on any atom is 0.317 e. The van der Waals surface area contributed by atoms with Gasteiger partial charge in [-0.05, 0) is 30.8 Å². The third kappa shape index (κ3) is 1.57. The second kappa shape index (κ2) is 4.01. The van der Waals surface area contributed by atoms with Crippen LogP contribution in [0.5, 0.6) is 0 Å². The van der Waals surface area contributed by atoms with E-state index in [2.05, 4.69) is 10.2 Å². The largest absolute Gasteiger partial charge is 0.480 e. The van der Waals surface area contributed by atoms with Crippen LogP contribution in [-0.2, 0) is 23.2 Å². The van der Waals surface area contributed by atoms with Crippen molar-refractivity contribution in [1.29, 1.82) is 0 Å². The van der Waals surface area contributed by atoms with Crippen LogP contribution in [0.15, 0.2) is 0 Å². The van der Waals surface area contributed by atoms with Crippen LogP contribution in [0.3, 0.4) is 0 Å². The Hall–Kier alpha value is -1.04. The number of hydrogen-bond acceptors (Lipinski definition) is 4.